The topological polar surface area (TPSA) is 78.3 Å². The van der Waals surface area contributed by atoms with E-state index in [4.69, 9.17) is 0 Å². The number of thioether (sulfide) groups is 1. The number of nitrogens with zero attached hydrogens (tertiary/aromatic N) is 2. The van der Waals surface area contributed by atoms with Crippen molar-refractivity contribution in [3.8, 4) is 0 Å². The predicted octanol–water partition coefficient (Wildman–Crippen LogP) is 1.02. The van der Waals surface area contributed by atoms with Crippen LogP contribution in [0.4, 0.5) is 5.82 Å². The van der Waals surface area contributed by atoms with Gasteiger partial charge in [-0.3, -0.25) is 0 Å². The van der Waals surface area contributed by atoms with E-state index in [9.17, 15) is 10.2 Å². The predicted molar refractivity (Wildman–Crippen MR) is 67.0 cm³/mol. The van der Waals surface area contributed by atoms with Gasteiger partial charge >= 0.3 is 0 Å². The van der Waals surface area contributed by atoms with Gasteiger partial charge in [0.25, 0.3) is 0 Å². The summed E-state index contributed by atoms with van der Waals surface area (Å²) >= 11 is 1.45. The molecule has 1 aliphatic carbocycles. The third-order valence-corrected chi connectivity index (χ3v) is 3.56. The van der Waals surface area contributed by atoms with Crippen LogP contribution in [0, 0.1) is 0 Å². The Morgan fingerprint density at radius 1 is 1.53 bits per heavy atom. The molecule has 3 N–H and O–H groups in total. The van der Waals surface area contributed by atoms with Crippen LogP contribution in [-0.2, 0) is 6.61 Å². The first-order valence-electron chi connectivity index (χ1n) is 5.70. The largest absolute Gasteiger partial charge is 0.391 e. The zero-order chi connectivity index (χ0) is 12.3. The molecule has 1 saturated carbocycles. The van der Waals surface area contributed by atoms with Gasteiger partial charge in [-0.2, -0.15) is 0 Å². The van der Waals surface area contributed by atoms with Crippen molar-refractivity contribution in [3.63, 3.8) is 0 Å². The van der Waals surface area contributed by atoms with E-state index < -0.39 is 0 Å². The summed E-state index contributed by atoms with van der Waals surface area (Å²) in [6.07, 6.45) is 5.99. The molecule has 0 spiro atoms. The van der Waals surface area contributed by atoms with E-state index in [1.807, 2.05) is 6.26 Å². The lowest BCUT2D eigenvalue weighted by atomic mass is 10.2. The van der Waals surface area contributed by atoms with Gasteiger partial charge < -0.3 is 15.5 Å². The van der Waals surface area contributed by atoms with Crippen LogP contribution in [0.25, 0.3) is 0 Å². The molecule has 1 aromatic rings. The van der Waals surface area contributed by atoms with E-state index in [0.29, 0.717) is 16.5 Å². The molecule has 1 heterocycles. The van der Waals surface area contributed by atoms with Crippen molar-refractivity contribution in [2.45, 2.75) is 43.2 Å². The highest BCUT2D eigenvalue weighted by atomic mass is 32.2. The summed E-state index contributed by atoms with van der Waals surface area (Å²) in [5.74, 6) is 0.637. The summed E-state index contributed by atoms with van der Waals surface area (Å²) in [5.41, 5.74) is 0.668. The lowest BCUT2D eigenvalue weighted by Gasteiger charge is -2.18. The van der Waals surface area contributed by atoms with E-state index in [2.05, 4.69) is 15.3 Å². The number of aromatic nitrogens is 2. The van der Waals surface area contributed by atoms with Crippen LogP contribution in [0.1, 0.15) is 24.8 Å². The van der Waals surface area contributed by atoms with Gasteiger partial charge in [-0.15, -0.1) is 0 Å². The quantitative estimate of drug-likeness (QED) is 0.550. The molecule has 0 aromatic carbocycles. The lowest BCUT2D eigenvalue weighted by molar-refractivity contribution is 0.171. The minimum absolute atomic E-state index is 0.0323. The van der Waals surface area contributed by atoms with Gasteiger partial charge in [-0.25, -0.2) is 9.97 Å². The van der Waals surface area contributed by atoms with Crippen LogP contribution < -0.4 is 5.32 Å². The molecule has 0 bridgehead atoms. The van der Waals surface area contributed by atoms with Crippen LogP contribution in [0.5, 0.6) is 0 Å². The molecular formula is C11H17N3O2S. The van der Waals surface area contributed by atoms with Crippen molar-refractivity contribution in [2.75, 3.05) is 11.6 Å². The zero-order valence-electron chi connectivity index (χ0n) is 9.76. The van der Waals surface area contributed by atoms with E-state index >= 15 is 0 Å². The molecular weight excluding hydrogens is 238 g/mol. The Labute approximate surface area is 105 Å². The van der Waals surface area contributed by atoms with Crippen LogP contribution in [0.3, 0.4) is 0 Å². The Bertz CT molecular complexity index is 389. The van der Waals surface area contributed by atoms with E-state index in [1.54, 1.807) is 6.20 Å². The maximum Gasteiger partial charge on any atom is 0.189 e. The van der Waals surface area contributed by atoms with Gasteiger partial charge in [-0.05, 0) is 25.5 Å². The van der Waals surface area contributed by atoms with Gasteiger partial charge in [0.15, 0.2) is 5.16 Å². The molecule has 94 valence electrons. The summed E-state index contributed by atoms with van der Waals surface area (Å²) in [5, 5.41) is 22.9. The Kier molecular flexibility index (Phi) is 4.20. The number of hydrogen-bond donors (Lipinski definition) is 3. The SMILES string of the molecule is CSc1ncc(CO)c(NC2CCCC2O)n1. The van der Waals surface area contributed by atoms with E-state index in [0.717, 1.165) is 19.3 Å². The summed E-state index contributed by atoms with van der Waals surface area (Å²) in [6.45, 7) is -0.0974. The number of aliphatic hydroxyl groups excluding tert-OH is 2. The molecule has 17 heavy (non-hydrogen) atoms. The van der Waals surface area contributed by atoms with Gasteiger partial charge in [0, 0.05) is 11.8 Å². The molecule has 1 aromatic heterocycles. The molecule has 0 saturated heterocycles. The average molecular weight is 255 g/mol. The van der Waals surface area contributed by atoms with Gasteiger partial charge in [0.05, 0.1) is 18.8 Å². The van der Waals surface area contributed by atoms with Crippen LogP contribution in [0.2, 0.25) is 0 Å². The zero-order valence-corrected chi connectivity index (χ0v) is 10.6. The normalized spacial score (nSPS) is 23.9. The second-order valence-corrected chi connectivity index (χ2v) is 4.91. The van der Waals surface area contributed by atoms with Crippen LogP contribution in [-0.4, -0.2) is 38.6 Å². The first-order valence-corrected chi connectivity index (χ1v) is 6.92. The van der Waals surface area contributed by atoms with Gasteiger partial charge in [0.2, 0.25) is 0 Å². The number of hydrogen-bond acceptors (Lipinski definition) is 6. The average Bonchev–Trinajstić information content (AvgIpc) is 2.75. The third-order valence-electron chi connectivity index (χ3n) is 3.00. The maximum atomic E-state index is 9.77. The standard InChI is InChI=1S/C11H17N3O2S/c1-17-11-12-5-7(6-15)10(14-11)13-8-3-2-4-9(8)16/h5,8-9,15-16H,2-4,6H2,1H3,(H,12,13,14). The van der Waals surface area contributed by atoms with Gasteiger partial charge in [-0.1, -0.05) is 11.8 Å². The molecule has 0 aliphatic heterocycles. The molecule has 0 radical (unpaired) electrons. The van der Waals surface area contributed by atoms with Crippen molar-refractivity contribution >= 4 is 17.6 Å². The van der Waals surface area contributed by atoms with Gasteiger partial charge in [0.1, 0.15) is 5.82 Å². The molecule has 5 nitrogen and oxygen atoms in total. The highest BCUT2D eigenvalue weighted by Crippen LogP contribution is 2.24. The van der Waals surface area contributed by atoms with Crippen molar-refractivity contribution in [1.29, 1.82) is 0 Å². The van der Waals surface area contributed by atoms with E-state index in [1.165, 1.54) is 11.8 Å². The molecule has 2 rings (SSSR count). The Balaban J connectivity index is 2.17. The lowest BCUT2D eigenvalue weighted by Crippen LogP contribution is -2.29. The summed E-state index contributed by atoms with van der Waals surface area (Å²) < 4.78 is 0. The molecule has 1 aliphatic rings. The molecule has 1 fully saturated rings. The fourth-order valence-corrected chi connectivity index (χ4v) is 2.35. The minimum Gasteiger partial charge on any atom is -0.391 e. The van der Waals surface area contributed by atoms with Crippen LogP contribution >= 0.6 is 11.8 Å². The fraction of sp³-hybridized carbons (Fsp3) is 0.636. The third kappa shape index (κ3) is 2.88. The van der Waals surface area contributed by atoms with Crippen molar-refractivity contribution < 1.29 is 10.2 Å². The number of rotatable bonds is 4. The second kappa shape index (κ2) is 5.66. The van der Waals surface area contributed by atoms with E-state index in [-0.39, 0.29) is 18.8 Å². The summed E-state index contributed by atoms with van der Waals surface area (Å²) in [6, 6.07) is 0.0323. The van der Waals surface area contributed by atoms with Crippen molar-refractivity contribution in [1.82, 2.24) is 9.97 Å². The maximum absolute atomic E-state index is 9.77. The molecule has 2 unspecified atom stereocenters. The highest BCUT2D eigenvalue weighted by Gasteiger charge is 2.26. The first kappa shape index (κ1) is 12.6. The number of aliphatic hydroxyl groups is 2. The Morgan fingerprint density at radius 3 is 2.94 bits per heavy atom. The molecule has 2 atom stereocenters. The Hall–Kier alpha value is -0.850. The van der Waals surface area contributed by atoms with Crippen molar-refractivity contribution in [3.05, 3.63) is 11.8 Å². The van der Waals surface area contributed by atoms with Crippen molar-refractivity contribution in [2.24, 2.45) is 0 Å². The first-order chi connectivity index (χ1) is 8.24. The minimum atomic E-state index is -0.325. The monoisotopic (exact) mass is 255 g/mol. The van der Waals surface area contributed by atoms with Crippen LogP contribution in [0.15, 0.2) is 11.4 Å². The fourth-order valence-electron chi connectivity index (χ4n) is 2.01. The second-order valence-electron chi connectivity index (χ2n) is 4.14. The Morgan fingerprint density at radius 2 is 2.35 bits per heavy atom. The summed E-state index contributed by atoms with van der Waals surface area (Å²) in [4.78, 5) is 8.44. The smallest absolute Gasteiger partial charge is 0.189 e. The number of anilines is 1. The highest BCUT2D eigenvalue weighted by molar-refractivity contribution is 7.98. The molecule has 0 amide bonds. The number of nitrogens with one attached hydrogen (secondary N) is 1. The molecule has 6 heteroatoms. The summed E-state index contributed by atoms with van der Waals surface area (Å²) in [7, 11) is 0.